The van der Waals surface area contributed by atoms with Gasteiger partial charge in [0.25, 0.3) is 0 Å². The van der Waals surface area contributed by atoms with Crippen molar-refractivity contribution in [3.05, 3.63) is 0 Å². The van der Waals surface area contributed by atoms with Crippen LogP contribution in [-0.2, 0) is 18.3 Å². The molecule has 22 heavy (non-hydrogen) atoms. The molecule has 0 saturated heterocycles. The molecule has 1 atom stereocenters. The zero-order chi connectivity index (χ0) is 16.5. The van der Waals surface area contributed by atoms with E-state index in [0.29, 0.717) is 6.61 Å². The Morgan fingerprint density at radius 2 is 1.18 bits per heavy atom. The van der Waals surface area contributed by atoms with Crippen molar-refractivity contribution in [3.63, 3.8) is 0 Å². The van der Waals surface area contributed by atoms with Crippen molar-refractivity contribution in [2.24, 2.45) is 0 Å². The largest absolute Gasteiger partial charge is 0.472 e. The number of ether oxygens (including phenoxy) is 1. The molecule has 0 fully saturated rings. The minimum Gasteiger partial charge on any atom is -0.382 e. The molecule has 0 aliphatic heterocycles. The molecule has 5 nitrogen and oxygen atoms in total. The second-order valence-electron chi connectivity index (χ2n) is 5.51. The van der Waals surface area contributed by atoms with E-state index in [4.69, 9.17) is 13.8 Å². The maximum atomic E-state index is 11.6. The number of hydrogen-bond acceptors (Lipinski definition) is 4. The highest BCUT2D eigenvalue weighted by atomic mass is 31.2. The summed E-state index contributed by atoms with van der Waals surface area (Å²) in [5.41, 5.74) is 0. The summed E-state index contributed by atoms with van der Waals surface area (Å²) in [6, 6.07) is 0. The molecule has 6 heteroatoms. The Kier molecular flexibility index (Phi) is 16.0. The molecule has 0 aromatic rings. The van der Waals surface area contributed by atoms with Crippen LogP contribution in [-0.4, -0.2) is 31.3 Å². The highest BCUT2D eigenvalue weighted by Crippen LogP contribution is 2.43. The molecule has 0 aromatic carbocycles. The molecule has 0 spiro atoms. The zero-order valence-corrected chi connectivity index (χ0v) is 15.3. The molecule has 0 bridgehead atoms. The molecule has 1 unspecified atom stereocenters. The molecule has 0 aliphatic rings. The molecule has 0 aromatic heterocycles. The van der Waals surface area contributed by atoms with Crippen LogP contribution < -0.4 is 0 Å². The first-order valence-electron chi connectivity index (χ1n) is 8.82. The molecule has 0 rings (SSSR count). The van der Waals surface area contributed by atoms with Crippen molar-refractivity contribution in [1.29, 1.82) is 0 Å². The van der Waals surface area contributed by atoms with Crippen molar-refractivity contribution in [1.82, 2.24) is 0 Å². The molecular weight excluding hydrogens is 303 g/mol. The molecule has 0 amide bonds. The summed E-state index contributed by atoms with van der Waals surface area (Å²) in [4.78, 5) is 9.52. The fraction of sp³-hybridized carbons (Fsp3) is 1.00. The van der Waals surface area contributed by atoms with E-state index < -0.39 is 7.82 Å². The molecule has 0 heterocycles. The monoisotopic (exact) mass is 338 g/mol. The topological polar surface area (TPSA) is 65.0 Å². The van der Waals surface area contributed by atoms with Gasteiger partial charge in [-0.05, 0) is 26.2 Å². The quantitative estimate of drug-likeness (QED) is 0.296. The second kappa shape index (κ2) is 15.9. The van der Waals surface area contributed by atoms with Gasteiger partial charge in [0.15, 0.2) is 0 Å². The van der Waals surface area contributed by atoms with Gasteiger partial charge in [0.1, 0.15) is 0 Å². The summed E-state index contributed by atoms with van der Waals surface area (Å²) < 4.78 is 26.8. The number of unbranched alkanes of at least 4 members (excludes halogenated alkanes) is 8. The van der Waals surface area contributed by atoms with Gasteiger partial charge < -0.3 is 9.63 Å². The van der Waals surface area contributed by atoms with E-state index in [9.17, 15) is 9.46 Å². The van der Waals surface area contributed by atoms with Crippen molar-refractivity contribution in [2.75, 3.05) is 26.4 Å². The molecule has 0 saturated carbocycles. The van der Waals surface area contributed by atoms with E-state index in [0.717, 1.165) is 58.2 Å². The van der Waals surface area contributed by atoms with E-state index in [2.05, 4.69) is 6.92 Å². The van der Waals surface area contributed by atoms with Crippen LogP contribution in [0.4, 0.5) is 0 Å². The van der Waals surface area contributed by atoms with Crippen LogP contribution in [0.15, 0.2) is 0 Å². The van der Waals surface area contributed by atoms with Gasteiger partial charge in [-0.25, -0.2) is 4.57 Å². The van der Waals surface area contributed by atoms with Crippen LogP contribution in [0.25, 0.3) is 0 Å². The minimum absolute atomic E-state index is 0.277. The maximum absolute atomic E-state index is 11.6. The van der Waals surface area contributed by atoms with E-state index >= 15 is 0 Å². The van der Waals surface area contributed by atoms with Crippen molar-refractivity contribution < 1.29 is 23.2 Å². The van der Waals surface area contributed by atoms with Crippen LogP contribution in [0, 0.1) is 0 Å². The first-order valence-corrected chi connectivity index (χ1v) is 10.3. The fourth-order valence-corrected chi connectivity index (χ4v) is 2.88. The van der Waals surface area contributed by atoms with Gasteiger partial charge in [0.2, 0.25) is 0 Å². The Balaban J connectivity index is 3.36. The molecule has 134 valence electrons. The van der Waals surface area contributed by atoms with Crippen molar-refractivity contribution >= 4 is 7.82 Å². The standard InChI is InChI=1S/C16H35O5P/c1-3-5-6-7-8-12-15-20-22(17,18)21-16-13-10-9-11-14-19-4-2/h3-16H2,1-2H3,(H,17,18). The van der Waals surface area contributed by atoms with Crippen LogP contribution in [0.1, 0.15) is 78.1 Å². The van der Waals surface area contributed by atoms with E-state index in [1.807, 2.05) is 6.92 Å². The summed E-state index contributed by atoms with van der Waals surface area (Å²) in [6.07, 6.45) is 10.6. The highest BCUT2D eigenvalue weighted by Gasteiger charge is 2.19. The Labute approximate surface area is 136 Å². The Hall–Kier alpha value is 0.0700. The van der Waals surface area contributed by atoms with Gasteiger partial charge in [-0.15, -0.1) is 0 Å². The Morgan fingerprint density at radius 1 is 0.727 bits per heavy atom. The minimum atomic E-state index is -3.84. The number of hydrogen-bond donors (Lipinski definition) is 1. The molecule has 1 N–H and O–H groups in total. The molecular formula is C16H35O5P. The normalized spacial score (nSPS) is 14.1. The lowest BCUT2D eigenvalue weighted by Gasteiger charge is -2.12. The van der Waals surface area contributed by atoms with Crippen molar-refractivity contribution in [3.8, 4) is 0 Å². The SMILES string of the molecule is CCCCCCCCOP(=O)(O)OCCCCCCOCC. The second-order valence-corrected chi connectivity index (χ2v) is 6.97. The summed E-state index contributed by atoms with van der Waals surface area (Å²) in [6.45, 7) is 6.29. The first-order chi connectivity index (χ1) is 10.6. The average molecular weight is 338 g/mol. The van der Waals surface area contributed by atoms with E-state index in [1.165, 1.54) is 19.3 Å². The summed E-state index contributed by atoms with van der Waals surface area (Å²) >= 11 is 0. The van der Waals surface area contributed by atoms with E-state index in [-0.39, 0.29) is 6.61 Å². The smallest absolute Gasteiger partial charge is 0.382 e. The van der Waals surface area contributed by atoms with E-state index in [1.54, 1.807) is 0 Å². The zero-order valence-electron chi connectivity index (χ0n) is 14.4. The lowest BCUT2D eigenvalue weighted by atomic mass is 10.1. The highest BCUT2D eigenvalue weighted by molar-refractivity contribution is 7.47. The van der Waals surface area contributed by atoms with Gasteiger partial charge in [0, 0.05) is 13.2 Å². The van der Waals surface area contributed by atoms with Gasteiger partial charge in [-0.3, -0.25) is 9.05 Å². The lowest BCUT2D eigenvalue weighted by molar-refractivity contribution is 0.137. The predicted molar refractivity (Wildman–Crippen MR) is 90.1 cm³/mol. The third-order valence-corrected chi connectivity index (χ3v) is 4.41. The Bertz CT molecular complexity index is 273. The first kappa shape index (κ1) is 22.1. The van der Waals surface area contributed by atoms with Crippen LogP contribution >= 0.6 is 7.82 Å². The third kappa shape index (κ3) is 16.4. The summed E-state index contributed by atoms with van der Waals surface area (Å²) in [7, 11) is -3.84. The van der Waals surface area contributed by atoms with Crippen LogP contribution in [0.5, 0.6) is 0 Å². The van der Waals surface area contributed by atoms with Gasteiger partial charge in [-0.1, -0.05) is 51.9 Å². The number of phosphoric ester groups is 1. The van der Waals surface area contributed by atoms with Crippen LogP contribution in [0.2, 0.25) is 0 Å². The molecule has 0 radical (unpaired) electrons. The van der Waals surface area contributed by atoms with Crippen molar-refractivity contribution in [2.45, 2.75) is 78.1 Å². The Morgan fingerprint density at radius 3 is 1.68 bits per heavy atom. The third-order valence-electron chi connectivity index (χ3n) is 3.39. The number of rotatable bonds is 17. The summed E-state index contributed by atoms with van der Waals surface area (Å²) in [5, 5.41) is 0. The lowest BCUT2D eigenvalue weighted by Crippen LogP contribution is -1.99. The maximum Gasteiger partial charge on any atom is 0.472 e. The van der Waals surface area contributed by atoms with Gasteiger partial charge in [-0.2, -0.15) is 0 Å². The van der Waals surface area contributed by atoms with Gasteiger partial charge >= 0.3 is 7.82 Å². The molecule has 0 aliphatic carbocycles. The fourth-order valence-electron chi connectivity index (χ4n) is 2.08. The summed E-state index contributed by atoms with van der Waals surface area (Å²) in [5.74, 6) is 0. The number of phosphoric acid groups is 1. The van der Waals surface area contributed by atoms with Crippen LogP contribution in [0.3, 0.4) is 0 Å². The average Bonchev–Trinajstić information content (AvgIpc) is 2.49. The van der Waals surface area contributed by atoms with Gasteiger partial charge in [0.05, 0.1) is 13.2 Å². The predicted octanol–water partition coefficient (Wildman–Crippen LogP) is 5.08.